The van der Waals surface area contributed by atoms with E-state index >= 15 is 0 Å². The summed E-state index contributed by atoms with van der Waals surface area (Å²) in [6.45, 7) is 0.724. The topological polar surface area (TPSA) is 78.4 Å². The van der Waals surface area contributed by atoms with E-state index in [1.165, 1.54) is 6.07 Å². The number of carbonyl (C=O) groups excluding carboxylic acids is 1. The molecule has 2 aromatic carbocycles. The van der Waals surface area contributed by atoms with Gasteiger partial charge in [-0.15, -0.1) is 11.8 Å². The fourth-order valence-electron chi connectivity index (χ4n) is 3.25. The third-order valence-electron chi connectivity index (χ3n) is 4.98. The highest BCUT2D eigenvalue weighted by molar-refractivity contribution is 9.10. The molecule has 2 aliphatic rings. The van der Waals surface area contributed by atoms with Crippen LogP contribution < -0.4 is 10.6 Å². The lowest BCUT2D eigenvalue weighted by Crippen LogP contribution is -2.35. The quantitative estimate of drug-likeness (QED) is 0.453. The van der Waals surface area contributed by atoms with Crippen LogP contribution in [0, 0.1) is 5.82 Å². The van der Waals surface area contributed by atoms with Gasteiger partial charge in [0.05, 0.1) is 10.9 Å². The van der Waals surface area contributed by atoms with Crippen LogP contribution >= 0.6 is 27.7 Å². The zero-order valence-electron chi connectivity index (χ0n) is 16.5. The zero-order valence-corrected chi connectivity index (χ0v) is 18.9. The Bertz CT molecular complexity index is 995. The molecule has 0 radical (unpaired) electrons. The van der Waals surface area contributed by atoms with E-state index in [1.54, 1.807) is 17.8 Å². The normalized spacial score (nSPS) is 18.7. The van der Waals surface area contributed by atoms with Crippen molar-refractivity contribution in [1.82, 2.24) is 5.32 Å². The number of thioether (sulfide) groups is 1. The van der Waals surface area contributed by atoms with Gasteiger partial charge in [-0.25, -0.2) is 9.18 Å². The van der Waals surface area contributed by atoms with E-state index in [0.717, 1.165) is 46.4 Å². The van der Waals surface area contributed by atoms with Crippen LogP contribution in [-0.4, -0.2) is 35.0 Å². The zero-order chi connectivity index (χ0) is 23.5. The van der Waals surface area contributed by atoms with E-state index in [1.807, 2.05) is 30.3 Å². The van der Waals surface area contributed by atoms with Gasteiger partial charge < -0.3 is 15.7 Å². The van der Waals surface area contributed by atoms with Crippen LogP contribution in [0.4, 0.5) is 23.2 Å². The number of hydrogen-bond donors (Lipinski definition) is 3. The first kappa shape index (κ1) is 24.5. The molecular formula is C21H19BrF4N2O3S. The predicted molar refractivity (Wildman–Crippen MR) is 116 cm³/mol. The van der Waals surface area contributed by atoms with Crippen LogP contribution in [0.5, 0.6) is 0 Å². The maximum atomic E-state index is 13.7. The van der Waals surface area contributed by atoms with Crippen LogP contribution in [0.3, 0.4) is 0 Å². The number of halogens is 5. The fraction of sp³-hybridized carbons (Fsp3) is 0.333. The Balaban J connectivity index is 0.000000360. The van der Waals surface area contributed by atoms with Crippen molar-refractivity contribution >= 4 is 45.3 Å². The molecule has 4 rings (SSSR count). The number of para-hydroxylation sites is 1. The first-order valence-electron chi connectivity index (χ1n) is 9.58. The number of benzene rings is 2. The second kappa shape index (κ2) is 9.80. The number of alkyl halides is 3. The Morgan fingerprint density at radius 3 is 2.50 bits per heavy atom. The summed E-state index contributed by atoms with van der Waals surface area (Å²) in [5.74, 6) is -2.92. The highest BCUT2D eigenvalue weighted by Crippen LogP contribution is 2.46. The average Bonchev–Trinajstić information content (AvgIpc) is 3.48. The summed E-state index contributed by atoms with van der Waals surface area (Å²) in [7, 11) is 0. The summed E-state index contributed by atoms with van der Waals surface area (Å²) in [6.07, 6.45) is -2.35. The van der Waals surface area contributed by atoms with Crippen molar-refractivity contribution in [3.8, 4) is 0 Å². The van der Waals surface area contributed by atoms with Crippen molar-refractivity contribution in [1.29, 1.82) is 0 Å². The molecular weight excluding hydrogens is 516 g/mol. The van der Waals surface area contributed by atoms with Gasteiger partial charge in [0.15, 0.2) is 0 Å². The first-order chi connectivity index (χ1) is 15.0. The maximum absolute atomic E-state index is 13.7. The van der Waals surface area contributed by atoms with Gasteiger partial charge in [0.2, 0.25) is 5.91 Å². The number of carbonyl (C=O) groups is 2. The van der Waals surface area contributed by atoms with E-state index in [4.69, 9.17) is 9.90 Å². The monoisotopic (exact) mass is 534 g/mol. The number of nitrogens with one attached hydrogen (secondary N) is 2. The van der Waals surface area contributed by atoms with Gasteiger partial charge in [0, 0.05) is 14.9 Å². The van der Waals surface area contributed by atoms with Crippen molar-refractivity contribution in [3.05, 3.63) is 58.3 Å². The van der Waals surface area contributed by atoms with Crippen LogP contribution in [0.2, 0.25) is 0 Å². The lowest BCUT2D eigenvalue weighted by atomic mass is 10.0. The van der Waals surface area contributed by atoms with Gasteiger partial charge in [0.1, 0.15) is 5.82 Å². The maximum Gasteiger partial charge on any atom is 0.490 e. The van der Waals surface area contributed by atoms with Gasteiger partial charge in [-0.1, -0.05) is 28.1 Å². The summed E-state index contributed by atoms with van der Waals surface area (Å²) in [5, 5.41) is 13.6. The Hall–Kier alpha value is -2.11. The van der Waals surface area contributed by atoms with E-state index in [9.17, 15) is 22.4 Å². The molecule has 2 aromatic rings. The minimum atomic E-state index is -5.08. The van der Waals surface area contributed by atoms with Crippen molar-refractivity contribution in [3.63, 3.8) is 0 Å². The van der Waals surface area contributed by atoms with Gasteiger partial charge in [0.25, 0.3) is 0 Å². The first-order valence-corrected chi connectivity index (χ1v) is 11.3. The number of carboxylic acids is 1. The molecule has 32 heavy (non-hydrogen) atoms. The number of anilines is 1. The van der Waals surface area contributed by atoms with Crippen LogP contribution in [0.25, 0.3) is 0 Å². The lowest BCUT2D eigenvalue weighted by molar-refractivity contribution is -0.192. The average molecular weight is 535 g/mol. The molecule has 1 heterocycles. The molecule has 0 aromatic heterocycles. The largest absolute Gasteiger partial charge is 0.490 e. The van der Waals surface area contributed by atoms with Gasteiger partial charge >= 0.3 is 12.1 Å². The van der Waals surface area contributed by atoms with Crippen LogP contribution in [0.15, 0.2) is 51.8 Å². The van der Waals surface area contributed by atoms with Crippen molar-refractivity contribution < 1.29 is 32.3 Å². The summed E-state index contributed by atoms with van der Waals surface area (Å²) in [6, 6.07) is 12.9. The smallest absolute Gasteiger partial charge is 0.475 e. The SMILES string of the molecule is O=C(O)C(F)(F)F.O=C1Nc2ccccc2SC1CCNC1(c2cc(F)cc(Br)c2)CC1. The second-order valence-corrected chi connectivity index (χ2v) is 9.51. The molecule has 1 atom stereocenters. The molecule has 1 aliphatic carbocycles. The summed E-state index contributed by atoms with van der Waals surface area (Å²) in [4.78, 5) is 22.3. The molecule has 3 N–H and O–H groups in total. The molecule has 172 valence electrons. The van der Waals surface area contributed by atoms with Crippen molar-refractivity contribution in [2.75, 3.05) is 11.9 Å². The number of fused-ring (bicyclic) bond motifs is 1. The highest BCUT2D eigenvalue weighted by Gasteiger charge is 2.44. The Morgan fingerprint density at radius 2 is 1.91 bits per heavy atom. The minimum absolute atomic E-state index is 0.0591. The van der Waals surface area contributed by atoms with Crippen molar-refractivity contribution in [2.24, 2.45) is 0 Å². The van der Waals surface area contributed by atoms with E-state index in [2.05, 4.69) is 26.6 Å². The molecule has 0 spiro atoms. The molecule has 0 bridgehead atoms. The summed E-state index contributed by atoms with van der Waals surface area (Å²) in [5.41, 5.74) is 1.73. The van der Waals surface area contributed by atoms with Gasteiger partial charge in [-0.05, 0) is 61.7 Å². The Morgan fingerprint density at radius 1 is 1.25 bits per heavy atom. The molecule has 11 heteroatoms. The highest BCUT2D eigenvalue weighted by atomic mass is 79.9. The van der Waals surface area contributed by atoms with Crippen molar-refractivity contribution in [2.45, 2.75) is 41.1 Å². The van der Waals surface area contributed by atoms with Crippen LogP contribution in [-0.2, 0) is 15.1 Å². The molecule has 0 saturated heterocycles. The Kier molecular flexibility index (Phi) is 7.51. The number of rotatable bonds is 5. The standard InChI is InChI=1S/C19H18BrFN2OS.C2HF3O2/c20-13-9-12(10-14(21)11-13)19(6-7-19)22-8-5-17-18(24)23-15-3-1-2-4-16(15)25-17;3-2(4,5)1(6)7/h1-4,9-11,17,22H,5-8H2,(H,23,24);(H,6,7). The van der Waals surface area contributed by atoms with E-state index < -0.39 is 12.1 Å². The number of carboxylic acid groups (broad SMARTS) is 1. The minimum Gasteiger partial charge on any atom is -0.475 e. The van der Waals surface area contributed by atoms with Gasteiger partial charge in [-0.2, -0.15) is 13.2 Å². The number of amides is 1. The van der Waals surface area contributed by atoms with Gasteiger partial charge in [-0.3, -0.25) is 4.79 Å². The molecule has 1 amide bonds. The molecule has 5 nitrogen and oxygen atoms in total. The number of aliphatic carboxylic acids is 1. The lowest BCUT2D eigenvalue weighted by Gasteiger charge is -2.25. The third kappa shape index (κ3) is 6.23. The fourth-order valence-corrected chi connectivity index (χ4v) is 4.82. The predicted octanol–water partition coefficient (Wildman–Crippen LogP) is 5.30. The molecule has 1 saturated carbocycles. The number of hydrogen-bond acceptors (Lipinski definition) is 4. The van der Waals surface area contributed by atoms with Crippen LogP contribution in [0.1, 0.15) is 24.8 Å². The Labute approximate surface area is 194 Å². The van der Waals surface area contributed by atoms with E-state index in [0.29, 0.717) is 0 Å². The summed E-state index contributed by atoms with van der Waals surface area (Å²) >= 11 is 4.98. The second-order valence-electron chi connectivity index (χ2n) is 7.35. The summed E-state index contributed by atoms with van der Waals surface area (Å²) < 4.78 is 46.2. The molecule has 1 fully saturated rings. The van der Waals surface area contributed by atoms with E-state index in [-0.39, 0.29) is 22.5 Å². The molecule has 1 aliphatic heterocycles. The third-order valence-corrected chi connectivity index (χ3v) is 6.79. The molecule has 1 unspecified atom stereocenters.